The smallest absolute Gasteiger partial charge is 0.188 e. The van der Waals surface area contributed by atoms with Gasteiger partial charge in [0.15, 0.2) is 5.96 Å². The summed E-state index contributed by atoms with van der Waals surface area (Å²) >= 11 is 0. The Kier molecular flexibility index (Phi) is 6.10. The van der Waals surface area contributed by atoms with E-state index >= 15 is 0 Å². The van der Waals surface area contributed by atoms with Gasteiger partial charge < -0.3 is 15.8 Å². The molecule has 0 saturated carbocycles. The van der Waals surface area contributed by atoms with Gasteiger partial charge in [-0.1, -0.05) is 0 Å². The summed E-state index contributed by atoms with van der Waals surface area (Å²) in [5.41, 5.74) is 7.52. The fourth-order valence-electron chi connectivity index (χ4n) is 2.11. The van der Waals surface area contributed by atoms with Gasteiger partial charge in [0.05, 0.1) is 18.0 Å². The SMILES string of the molecule is COCC(C)NC(N)=NCCc1ccn(-c2ccc(F)cc2)n1. The lowest BCUT2D eigenvalue weighted by Gasteiger charge is -2.12. The van der Waals surface area contributed by atoms with Crippen LogP contribution in [0, 0.1) is 5.82 Å². The number of nitrogens with two attached hydrogens (primary N) is 1. The molecule has 0 bridgehead atoms. The molecule has 23 heavy (non-hydrogen) atoms. The Balaban J connectivity index is 1.86. The van der Waals surface area contributed by atoms with Crippen molar-refractivity contribution in [1.29, 1.82) is 0 Å². The highest BCUT2D eigenvalue weighted by Crippen LogP contribution is 2.09. The Morgan fingerprint density at radius 1 is 1.39 bits per heavy atom. The van der Waals surface area contributed by atoms with Gasteiger partial charge in [-0.3, -0.25) is 4.99 Å². The maximum absolute atomic E-state index is 12.9. The Hall–Kier alpha value is -2.41. The number of methoxy groups -OCH3 is 1. The second kappa shape index (κ2) is 8.28. The molecular formula is C16H22FN5O. The van der Waals surface area contributed by atoms with Gasteiger partial charge in [0, 0.05) is 32.3 Å². The molecule has 2 aromatic rings. The third kappa shape index (κ3) is 5.37. The van der Waals surface area contributed by atoms with Crippen molar-refractivity contribution >= 4 is 5.96 Å². The normalized spacial score (nSPS) is 13.1. The fraction of sp³-hybridized carbons (Fsp3) is 0.375. The molecule has 6 nitrogen and oxygen atoms in total. The summed E-state index contributed by atoms with van der Waals surface area (Å²) in [6.45, 7) is 3.08. The number of rotatable bonds is 7. The number of nitrogens with one attached hydrogen (secondary N) is 1. The maximum Gasteiger partial charge on any atom is 0.188 e. The number of benzene rings is 1. The topological polar surface area (TPSA) is 77.5 Å². The van der Waals surface area contributed by atoms with Crippen molar-refractivity contribution in [1.82, 2.24) is 15.1 Å². The summed E-state index contributed by atoms with van der Waals surface area (Å²) in [5, 5.41) is 7.49. The van der Waals surface area contributed by atoms with Crippen LogP contribution in [0.2, 0.25) is 0 Å². The van der Waals surface area contributed by atoms with E-state index in [1.54, 1.807) is 23.9 Å². The van der Waals surface area contributed by atoms with Gasteiger partial charge >= 0.3 is 0 Å². The van der Waals surface area contributed by atoms with Crippen LogP contribution in [0.5, 0.6) is 0 Å². The molecule has 1 unspecified atom stereocenters. The van der Waals surface area contributed by atoms with Crippen LogP contribution < -0.4 is 11.1 Å². The molecule has 124 valence electrons. The average molecular weight is 319 g/mol. The molecule has 1 aromatic heterocycles. The predicted molar refractivity (Wildman–Crippen MR) is 88.2 cm³/mol. The van der Waals surface area contributed by atoms with Crippen LogP contribution in [0.4, 0.5) is 4.39 Å². The molecule has 0 fully saturated rings. The Bertz CT molecular complexity index is 638. The number of guanidine groups is 1. The lowest BCUT2D eigenvalue weighted by Crippen LogP contribution is -2.40. The van der Waals surface area contributed by atoms with Crippen LogP contribution >= 0.6 is 0 Å². The molecule has 0 saturated heterocycles. The van der Waals surface area contributed by atoms with Crippen LogP contribution in [-0.2, 0) is 11.2 Å². The van der Waals surface area contributed by atoms with Crippen LogP contribution in [0.15, 0.2) is 41.5 Å². The lowest BCUT2D eigenvalue weighted by atomic mass is 10.3. The van der Waals surface area contributed by atoms with Gasteiger partial charge in [0.2, 0.25) is 0 Å². The zero-order valence-corrected chi connectivity index (χ0v) is 13.4. The largest absolute Gasteiger partial charge is 0.383 e. The molecule has 1 atom stereocenters. The number of aliphatic imine (C=N–C) groups is 1. The third-order valence-corrected chi connectivity index (χ3v) is 3.20. The lowest BCUT2D eigenvalue weighted by molar-refractivity contribution is 0.179. The third-order valence-electron chi connectivity index (χ3n) is 3.20. The van der Waals surface area contributed by atoms with Crippen LogP contribution in [0.25, 0.3) is 5.69 Å². The monoisotopic (exact) mass is 319 g/mol. The van der Waals surface area contributed by atoms with Gasteiger partial charge in [0.25, 0.3) is 0 Å². The van der Waals surface area contributed by atoms with Gasteiger partial charge in [-0.2, -0.15) is 5.10 Å². The van der Waals surface area contributed by atoms with Crippen LogP contribution in [-0.4, -0.2) is 42.0 Å². The first-order valence-corrected chi connectivity index (χ1v) is 7.44. The molecule has 0 spiro atoms. The molecule has 1 aromatic carbocycles. The van der Waals surface area contributed by atoms with E-state index in [1.165, 1.54) is 12.1 Å². The summed E-state index contributed by atoms with van der Waals surface area (Å²) < 4.78 is 19.6. The molecule has 0 aliphatic carbocycles. The number of aromatic nitrogens is 2. The number of hydrogen-bond acceptors (Lipinski definition) is 3. The minimum atomic E-state index is -0.263. The zero-order valence-electron chi connectivity index (χ0n) is 13.4. The summed E-state index contributed by atoms with van der Waals surface area (Å²) in [5.74, 6) is 0.133. The molecule has 0 radical (unpaired) electrons. The van der Waals surface area contributed by atoms with E-state index in [4.69, 9.17) is 10.5 Å². The molecular weight excluding hydrogens is 297 g/mol. The molecule has 2 rings (SSSR count). The summed E-state index contributed by atoms with van der Waals surface area (Å²) in [6, 6.07) is 8.22. The molecule has 1 heterocycles. The highest BCUT2D eigenvalue weighted by molar-refractivity contribution is 5.78. The first-order chi connectivity index (χ1) is 11.1. The minimum absolute atomic E-state index is 0.112. The average Bonchev–Trinajstić information content (AvgIpc) is 2.97. The van der Waals surface area contributed by atoms with Crippen LogP contribution in [0.1, 0.15) is 12.6 Å². The van der Waals surface area contributed by atoms with Crippen molar-refractivity contribution in [2.24, 2.45) is 10.7 Å². The van der Waals surface area contributed by atoms with Crippen molar-refractivity contribution in [3.05, 3.63) is 48.0 Å². The molecule has 3 N–H and O–H groups in total. The Morgan fingerprint density at radius 3 is 2.83 bits per heavy atom. The standard InChI is InChI=1S/C16H22FN5O/c1-12(11-23-2)20-16(18)19-9-7-14-8-10-22(21-14)15-5-3-13(17)4-6-15/h3-6,8,10,12H,7,9,11H2,1-2H3,(H3,18,19,20). The maximum atomic E-state index is 12.9. The fourth-order valence-corrected chi connectivity index (χ4v) is 2.11. The zero-order chi connectivity index (χ0) is 16.7. The van der Waals surface area contributed by atoms with E-state index in [0.717, 1.165) is 11.4 Å². The Morgan fingerprint density at radius 2 is 2.13 bits per heavy atom. The molecule has 7 heteroatoms. The van der Waals surface area contributed by atoms with Crippen molar-refractivity contribution in [3.63, 3.8) is 0 Å². The summed E-state index contributed by atoms with van der Waals surface area (Å²) in [6.07, 6.45) is 2.52. The van der Waals surface area contributed by atoms with Gasteiger partial charge in [-0.25, -0.2) is 9.07 Å². The van der Waals surface area contributed by atoms with E-state index in [-0.39, 0.29) is 11.9 Å². The number of ether oxygens (including phenoxy) is 1. The molecule has 0 amide bonds. The quantitative estimate of drug-likeness (QED) is 0.599. The Labute approximate surface area is 135 Å². The van der Waals surface area contributed by atoms with Gasteiger partial charge in [-0.15, -0.1) is 0 Å². The predicted octanol–water partition coefficient (Wildman–Crippen LogP) is 1.49. The van der Waals surface area contributed by atoms with Crippen molar-refractivity contribution < 1.29 is 9.13 Å². The van der Waals surface area contributed by atoms with E-state index in [0.29, 0.717) is 25.5 Å². The summed E-state index contributed by atoms with van der Waals surface area (Å²) in [7, 11) is 1.64. The summed E-state index contributed by atoms with van der Waals surface area (Å²) in [4.78, 5) is 4.26. The van der Waals surface area contributed by atoms with Gasteiger partial charge in [0.1, 0.15) is 5.82 Å². The number of hydrogen-bond donors (Lipinski definition) is 2. The van der Waals surface area contributed by atoms with Crippen molar-refractivity contribution in [2.45, 2.75) is 19.4 Å². The highest BCUT2D eigenvalue weighted by Gasteiger charge is 2.03. The highest BCUT2D eigenvalue weighted by atomic mass is 19.1. The molecule has 0 aliphatic heterocycles. The second-order valence-corrected chi connectivity index (χ2v) is 5.25. The second-order valence-electron chi connectivity index (χ2n) is 5.25. The minimum Gasteiger partial charge on any atom is -0.383 e. The van der Waals surface area contributed by atoms with Crippen molar-refractivity contribution in [3.8, 4) is 5.69 Å². The first-order valence-electron chi connectivity index (χ1n) is 7.44. The van der Waals surface area contributed by atoms with Gasteiger partial charge in [-0.05, 0) is 37.3 Å². The number of halogens is 1. The first kappa shape index (κ1) is 17.0. The molecule has 0 aliphatic rings. The van der Waals surface area contributed by atoms with Crippen molar-refractivity contribution in [2.75, 3.05) is 20.3 Å². The van der Waals surface area contributed by atoms with E-state index in [1.807, 2.05) is 19.2 Å². The van der Waals surface area contributed by atoms with E-state index < -0.39 is 0 Å². The number of nitrogens with zero attached hydrogens (tertiary/aromatic N) is 3. The van der Waals surface area contributed by atoms with E-state index in [2.05, 4.69) is 15.4 Å². The van der Waals surface area contributed by atoms with Crippen LogP contribution in [0.3, 0.4) is 0 Å². The van der Waals surface area contributed by atoms with E-state index in [9.17, 15) is 4.39 Å².